The van der Waals surface area contributed by atoms with Crippen molar-refractivity contribution < 1.29 is 107 Å². The number of carboxylic acids is 5. The standard InChI is InChI=1S/C39H78N2O3.C10H26N4.4C2HF3O2/c1-3-5-7-9-11-13-15-16-17-18-19-21-23-25-27-30-34-41(38(42)36-40)35-31-29-33-37(39(43)44)32-28-26-24-22-20-14-12-10-8-6-4-2;11-5-3-9-13-7-1-2-8-14-10-4-6-12;4*3-2(4,5)1(6)7/h37H,3-36,40H2,1-2H3,(H,43,44);13-14H,1-12H2;4*(H,6,7). The van der Waals surface area contributed by atoms with Crippen molar-refractivity contribution >= 4 is 35.8 Å². The van der Waals surface area contributed by atoms with Crippen LogP contribution in [0, 0.1) is 5.92 Å². The Morgan fingerprint density at radius 1 is 0.349 bits per heavy atom. The predicted molar refractivity (Wildman–Crippen MR) is 308 cm³/mol. The summed E-state index contributed by atoms with van der Waals surface area (Å²) in [5, 5.41) is 44.9. The van der Waals surface area contributed by atoms with Crippen LogP contribution in [0.1, 0.15) is 239 Å². The van der Waals surface area contributed by atoms with Gasteiger partial charge < -0.3 is 58.3 Å². The molecule has 0 heterocycles. The Kier molecular flexibility index (Phi) is 68.9. The topological polar surface area (TPSA) is 309 Å². The summed E-state index contributed by atoms with van der Waals surface area (Å²) in [7, 11) is 0. The molecule has 29 heteroatoms. The number of carbonyl (C=O) groups excluding carboxylic acids is 1. The first-order valence-corrected chi connectivity index (χ1v) is 30.5. The van der Waals surface area contributed by atoms with Gasteiger partial charge in [0, 0.05) is 13.1 Å². The normalized spacial score (nSPS) is 11.6. The summed E-state index contributed by atoms with van der Waals surface area (Å²) in [5.41, 5.74) is 16.4. The number of alkyl halides is 12. The summed E-state index contributed by atoms with van der Waals surface area (Å²) in [6.07, 6.45) is 23.3. The van der Waals surface area contributed by atoms with E-state index in [0.29, 0.717) is 6.54 Å². The van der Waals surface area contributed by atoms with Crippen LogP contribution in [0.25, 0.3) is 0 Å². The number of unbranched alkanes of at least 4 members (excludes halogenated alkanes) is 27. The third kappa shape index (κ3) is 79.8. The number of carboxylic acid groups (broad SMARTS) is 5. The number of halogens is 12. The van der Waals surface area contributed by atoms with Gasteiger partial charge in [-0.05, 0) is 90.6 Å². The average Bonchev–Trinajstić information content (AvgIpc) is 3.45. The lowest BCUT2D eigenvalue weighted by molar-refractivity contribution is -0.193. The minimum atomic E-state index is -5.08. The van der Waals surface area contributed by atoms with Gasteiger partial charge in [-0.3, -0.25) is 9.59 Å². The van der Waals surface area contributed by atoms with E-state index < -0.39 is 54.6 Å². The van der Waals surface area contributed by atoms with E-state index in [9.17, 15) is 67.4 Å². The van der Waals surface area contributed by atoms with Gasteiger partial charge in [-0.25, -0.2) is 19.2 Å². The Hall–Kier alpha value is -4.22. The van der Waals surface area contributed by atoms with Crippen molar-refractivity contribution in [2.75, 3.05) is 58.9 Å². The van der Waals surface area contributed by atoms with Gasteiger partial charge in [-0.15, -0.1) is 0 Å². The van der Waals surface area contributed by atoms with Gasteiger partial charge >= 0.3 is 54.6 Å². The van der Waals surface area contributed by atoms with Gasteiger partial charge in [-0.1, -0.05) is 187 Å². The first-order valence-electron chi connectivity index (χ1n) is 30.5. The van der Waals surface area contributed by atoms with Crippen LogP contribution < -0.4 is 27.8 Å². The maximum atomic E-state index is 12.4. The first kappa shape index (κ1) is 92.9. The maximum absolute atomic E-state index is 12.4. The molecule has 0 spiro atoms. The number of nitrogens with zero attached hydrogens (tertiary/aromatic N) is 1. The lowest BCUT2D eigenvalue weighted by Gasteiger charge is -2.22. The van der Waals surface area contributed by atoms with Crippen molar-refractivity contribution in [3.8, 4) is 0 Å². The molecule has 1 atom stereocenters. The molecule has 0 saturated carbocycles. The van der Waals surface area contributed by atoms with Crippen LogP contribution in [0.5, 0.6) is 0 Å². The number of nitrogens with one attached hydrogen (secondary N) is 2. The molecule has 1 unspecified atom stereocenters. The smallest absolute Gasteiger partial charge is 0.481 e. The van der Waals surface area contributed by atoms with Gasteiger partial charge in [0.15, 0.2) is 0 Å². The number of rotatable bonds is 47. The van der Waals surface area contributed by atoms with E-state index in [-0.39, 0.29) is 18.4 Å². The SMILES string of the molecule is CCCCCCCCCCCCCCCCCCN(CCCCC(CCCCCCCCCCCCC)C(=O)O)C(=O)CN.NCCCNCCCCNCCCN.O=C(O)C(F)(F)F.O=C(O)C(F)(F)F.O=C(O)C(F)(F)F.O=C(O)C(F)(F)F. The molecule has 0 rings (SSSR count). The zero-order chi connectivity index (χ0) is 67.1. The summed E-state index contributed by atoms with van der Waals surface area (Å²) in [4.78, 5) is 61.7. The fourth-order valence-corrected chi connectivity index (χ4v) is 7.68. The minimum Gasteiger partial charge on any atom is -0.481 e. The average molecular weight is 1280 g/mol. The molecule has 516 valence electrons. The Morgan fingerprint density at radius 3 is 0.779 bits per heavy atom. The van der Waals surface area contributed by atoms with E-state index in [4.69, 9.17) is 56.8 Å². The summed E-state index contributed by atoms with van der Waals surface area (Å²) < 4.78 is 127. The fourth-order valence-electron chi connectivity index (χ4n) is 7.68. The van der Waals surface area contributed by atoms with Crippen LogP contribution in [0.3, 0.4) is 0 Å². The van der Waals surface area contributed by atoms with E-state index in [2.05, 4.69) is 24.5 Å². The Bertz CT molecular complexity index is 1480. The molecule has 0 aromatic heterocycles. The highest BCUT2D eigenvalue weighted by molar-refractivity contribution is 5.78. The summed E-state index contributed by atoms with van der Waals surface area (Å²) >= 11 is 0. The van der Waals surface area contributed by atoms with Crippen LogP contribution in [-0.4, -0.2) is 150 Å². The first-order chi connectivity index (χ1) is 40.2. The van der Waals surface area contributed by atoms with Gasteiger partial charge in [0.05, 0.1) is 12.5 Å². The van der Waals surface area contributed by atoms with E-state index in [1.54, 1.807) is 0 Å². The summed E-state index contributed by atoms with van der Waals surface area (Å²) in [6, 6.07) is 0. The van der Waals surface area contributed by atoms with Gasteiger partial charge in [0.25, 0.3) is 0 Å². The Labute approximate surface area is 502 Å². The van der Waals surface area contributed by atoms with Crippen molar-refractivity contribution in [1.29, 1.82) is 0 Å². The lowest BCUT2D eigenvalue weighted by atomic mass is 9.95. The quantitative estimate of drug-likeness (QED) is 0.0200. The monoisotopic (exact) mass is 1280 g/mol. The van der Waals surface area contributed by atoms with E-state index in [1.807, 2.05) is 4.90 Å². The van der Waals surface area contributed by atoms with Gasteiger partial charge in [0.2, 0.25) is 5.91 Å². The molecule has 0 aromatic carbocycles. The minimum absolute atomic E-state index is 0.0294. The van der Waals surface area contributed by atoms with Crippen LogP contribution in [-0.2, 0) is 28.8 Å². The number of carbonyl (C=O) groups is 6. The van der Waals surface area contributed by atoms with Crippen molar-refractivity contribution in [1.82, 2.24) is 15.5 Å². The molecule has 0 aliphatic heterocycles. The van der Waals surface area contributed by atoms with Crippen LogP contribution in [0.15, 0.2) is 0 Å². The Morgan fingerprint density at radius 2 is 0.558 bits per heavy atom. The molecule has 1 amide bonds. The number of nitrogens with two attached hydrogens (primary N) is 3. The Balaban J connectivity index is -0.000000302. The van der Waals surface area contributed by atoms with Gasteiger partial charge in [0.1, 0.15) is 0 Å². The maximum Gasteiger partial charge on any atom is 0.490 e. The molecular weight excluding hydrogens is 1170 g/mol. The molecule has 0 bridgehead atoms. The zero-order valence-corrected chi connectivity index (χ0v) is 51.1. The highest BCUT2D eigenvalue weighted by Crippen LogP contribution is 2.21. The molecule has 13 N–H and O–H groups in total. The second-order valence-electron chi connectivity index (χ2n) is 20.4. The molecular formula is C57H108F12N6O11. The highest BCUT2D eigenvalue weighted by Gasteiger charge is 2.40. The van der Waals surface area contributed by atoms with Crippen molar-refractivity contribution in [2.24, 2.45) is 23.1 Å². The highest BCUT2D eigenvalue weighted by atomic mass is 19.4. The number of hydrogen-bond acceptors (Lipinski definition) is 11. The van der Waals surface area contributed by atoms with Crippen LogP contribution in [0.4, 0.5) is 52.7 Å². The molecule has 17 nitrogen and oxygen atoms in total. The molecule has 0 aromatic rings. The van der Waals surface area contributed by atoms with Crippen molar-refractivity contribution in [2.45, 2.75) is 263 Å². The van der Waals surface area contributed by atoms with Crippen molar-refractivity contribution in [3.05, 3.63) is 0 Å². The fraction of sp³-hybridized carbons (Fsp3) is 0.895. The molecule has 0 fully saturated rings. The largest absolute Gasteiger partial charge is 0.490 e. The van der Waals surface area contributed by atoms with Crippen LogP contribution in [0.2, 0.25) is 0 Å². The number of amides is 1. The van der Waals surface area contributed by atoms with Crippen LogP contribution >= 0.6 is 0 Å². The lowest BCUT2D eigenvalue weighted by Crippen LogP contribution is -2.37. The number of aliphatic carboxylic acids is 5. The zero-order valence-electron chi connectivity index (χ0n) is 51.1. The molecule has 0 aliphatic rings. The molecule has 0 radical (unpaired) electrons. The van der Waals surface area contributed by atoms with E-state index in [0.717, 1.165) is 104 Å². The van der Waals surface area contributed by atoms with E-state index >= 15 is 0 Å². The third-order valence-electron chi connectivity index (χ3n) is 12.6. The van der Waals surface area contributed by atoms with E-state index in [1.165, 1.54) is 167 Å². The predicted octanol–water partition coefficient (Wildman–Crippen LogP) is 13.8. The van der Waals surface area contributed by atoms with Crippen molar-refractivity contribution in [3.63, 3.8) is 0 Å². The number of hydrogen-bond donors (Lipinski definition) is 10. The molecule has 86 heavy (non-hydrogen) atoms. The second-order valence-corrected chi connectivity index (χ2v) is 20.4. The third-order valence-corrected chi connectivity index (χ3v) is 12.6. The second kappa shape index (κ2) is 63.8. The summed E-state index contributed by atoms with van der Waals surface area (Å²) in [6.45, 7) is 12.0. The molecule has 0 aliphatic carbocycles. The van der Waals surface area contributed by atoms with Gasteiger partial charge in [-0.2, -0.15) is 52.7 Å². The molecule has 0 saturated heterocycles. The summed E-state index contributed by atoms with van der Waals surface area (Å²) in [5.74, 6) is -11.9.